The van der Waals surface area contributed by atoms with Crippen molar-refractivity contribution in [2.24, 2.45) is 5.73 Å². The number of nitrogens with two attached hydrogens (primary N) is 1. The summed E-state index contributed by atoms with van der Waals surface area (Å²) >= 11 is 0. The molecule has 37 heavy (non-hydrogen) atoms. The zero-order chi connectivity index (χ0) is 28.6. The van der Waals surface area contributed by atoms with Crippen molar-refractivity contribution in [2.75, 3.05) is 0 Å². The number of nitrogens with zero attached hydrogens (tertiary/aromatic N) is 1. The molecular formula is C23H41N3O8SSi2. The zero-order valence-corrected chi connectivity index (χ0v) is 26.4. The molecule has 1 spiro atoms. The third-order valence-electron chi connectivity index (χ3n) is 8.13. The normalized spacial score (nSPS) is 28.6. The topological polar surface area (TPSA) is 152 Å². The summed E-state index contributed by atoms with van der Waals surface area (Å²) in [6, 6.07) is 0. The summed E-state index contributed by atoms with van der Waals surface area (Å²) in [4.78, 5) is 27.4. The van der Waals surface area contributed by atoms with Crippen LogP contribution in [0.2, 0.25) is 36.3 Å². The highest BCUT2D eigenvalue weighted by molar-refractivity contribution is 7.90. The van der Waals surface area contributed by atoms with Crippen LogP contribution in [0, 0.1) is 6.92 Å². The molecule has 11 nitrogen and oxygen atoms in total. The fourth-order valence-electron chi connectivity index (χ4n) is 3.73. The van der Waals surface area contributed by atoms with Gasteiger partial charge in [0.05, 0.1) is 11.1 Å². The number of aryl methyl sites for hydroxylation is 1. The minimum absolute atomic E-state index is 0.128. The quantitative estimate of drug-likeness (QED) is 0.399. The van der Waals surface area contributed by atoms with E-state index in [0.29, 0.717) is 0 Å². The van der Waals surface area contributed by atoms with Gasteiger partial charge in [-0.15, -0.1) is 0 Å². The van der Waals surface area contributed by atoms with Crippen molar-refractivity contribution in [3.05, 3.63) is 43.7 Å². The summed E-state index contributed by atoms with van der Waals surface area (Å²) in [5.74, 6) is 0. The largest absolute Gasteiger partial charge is 0.406 e. The van der Waals surface area contributed by atoms with E-state index in [1.165, 1.54) is 10.8 Å². The van der Waals surface area contributed by atoms with Crippen LogP contribution in [-0.4, -0.2) is 52.6 Å². The smallest absolute Gasteiger partial charge is 0.330 e. The number of aromatic nitrogens is 2. The summed E-state index contributed by atoms with van der Waals surface area (Å²) in [6.45, 7) is 21.7. The maximum atomic E-state index is 13.0. The Hall–Kier alpha value is -1.56. The first-order valence-electron chi connectivity index (χ1n) is 12.2. The SMILES string of the molecule is Cc1cn([C@@H]2O[C@H](O[Si](C)(C)C(C)(C)C)C3(OS(=O)(=O)C=C3N)C2O[Si](C)(C)C(C)(C)C)c(=O)[nH]c1=O. The second kappa shape index (κ2) is 9.00. The molecule has 2 aliphatic heterocycles. The summed E-state index contributed by atoms with van der Waals surface area (Å²) < 4.78 is 52.2. The fourth-order valence-corrected chi connectivity index (χ4v) is 7.33. The molecule has 1 saturated heterocycles. The van der Waals surface area contributed by atoms with Crippen molar-refractivity contribution in [2.45, 2.75) is 109 Å². The molecule has 0 bridgehead atoms. The maximum absolute atomic E-state index is 13.0. The van der Waals surface area contributed by atoms with Crippen molar-refractivity contribution in [1.29, 1.82) is 0 Å². The Bertz CT molecular complexity index is 1320. The Labute approximate surface area is 220 Å². The lowest BCUT2D eigenvalue weighted by molar-refractivity contribution is -0.147. The molecule has 0 radical (unpaired) electrons. The molecular weight excluding hydrogens is 535 g/mol. The van der Waals surface area contributed by atoms with E-state index < -0.39 is 62.2 Å². The summed E-state index contributed by atoms with van der Waals surface area (Å²) in [5.41, 5.74) is 3.40. The molecule has 0 saturated carbocycles. The zero-order valence-electron chi connectivity index (χ0n) is 23.6. The van der Waals surface area contributed by atoms with Crippen LogP contribution in [0.15, 0.2) is 26.9 Å². The van der Waals surface area contributed by atoms with Crippen LogP contribution in [0.25, 0.3) is 0 Å². The van der Waals surface area contributed by atoms with E-state index in [4.69, 9.17) is 23.5 Å². The molecule has 2 aliphatic rings. The van der Waals surface area contributed by atoms with Gasteiger partial charge in [-0.3, -0.25) is 14.3 Å². The van der Waals surface area contributed by atoms with E-state index in [2.05, 4.69) is 4.98 Å². The van der Waals surface area contributed by atoms with Crippen molar-refractivity contribution in [3.63, 3.8) is 0 Å². The van der Waals surface area contributed by atoms with Crippen molar-refractivity contribution in [1.82, 2.24) is 9.55 Å². The van der Waals surface area contributed by atoms with Gasteiger partial charge in [0.25, 0.3) is 15.7 Å². The van der Waals surface area contributed by atoms with Crippen molar-refractivity contribution >= 4 is 26.8 Å². The molecule has 210 valence electrons. The number of hydrogen-bond donors (Lipinski definition) is 2. The summed E-state index contributed by atoms with van der Waals surface area (Å²) in [7, 11) is -9.46. The minimum atomic E-state index is -4.21. The second-order valence-corrected chi connectivity index (χ2v) is 23.9. The van der Waals surface area contributed by atoms with Gasteiger partial charge in [-0.05, 0) is 43.2 Å². The first-order valence-corrected chi connectivity index (χ1v) is 19.5. The molecule has 2 unspecified atom stereocenters. The van der Waals surface area contributed by atoms with Gasteiger partial charge in [-0.1, -0.05) is 41.5 Å². The highest BCUT2D eigenvalue weighted by atomic mass is 32.2. The first kappa shape index (κ1) is 30.0. The van der Waals surface area contributed by atoms with Crippen LogP contribution in [-0.2, 0) is 27.9 Å². The fraction of sp³-hybridized carbons (Fsp3) is 0.739. The molecule has 0 aliphatic carbocycles. The highest BCUT2D eigenvalue weighted by Gasteiger charge is 2.69. The number of rotatable bonds is 5. The number of H-pyrrole nitrogens is 1. The maximum Gasteiger partial charge on any atom is 0.330 e. The molecule has 14 heteroatoms. The monoisotopic (exact) mass is 575 g/mol. The first-order chi connectivity index (χ1) is 16.5. The lowest BCUT2D eigenvalue weighted by Gasteiger charge is -2.44. The molecule has 0 amide bonds. The predicted molar refractivity (Wildman–Crippen MR) is 145 cm³/mol. The number of nitrogens with one attached hydrogen (secondary N) is 1. The highest BCUT2D eigenvalue weighted by Crippen LogP contribution is 2.53. The van der Waals surface area contributed by atoms with Gasteiger partial charge in [0.15, 0.2) is 29.2 Å². The van der Waals surface area contributed by atoms with Gasteiger partial charge in [0.1, 0.15) is 6.10 Å². The van der Waals surface area contributed by atoms with Crippen LogP contribution in [0.4, 0.5) is 0 Å². The van der Waals surface area contributed by atoms with Gasteiger partial charge in [0.2, 0.25) is 5.60 Å². The second-order valence-electron chi connectivity index (χ2n) is 13.0. The Morgan fingerprint density at radius 3 is 2.00 bits per heavy atom. The van der Waals surface area contributed by atoms with E-state index in [1.807, 2.05) is 67.7 Å². The average Bonchev–Trinajstić information content (AvgIpc) is 3.09. The van der Waals surface area contributed by atoms with Gasteiger partial charge >= 0.3 is 5.69 Å². The van der Waals surface area contributed by atoms with E-state index in [0.717, 1.165) is 5.41 Å². The van der Waals surface area contributed by atoms with E-state index in [1.54, 1.807) is 6.92 Å². The minimum Gasteiger partial charge on any atom is -0.406 e. The third-order valence-corrected chi connectivity index (χ3v) is 18.0. The van der Waals surface area contributed by atoms with E-state index >= 15 is 0 Å². The Kier molecular flexibility index (Phi) is 7.29. The van der Waals surface area contributed by atoms with Gasteiger partial charge in [0, 0.05) is 11.8 Å². The molecule has 1 aromatic heterocycles. The summed E-state index contributed by atoms with van der Waals surface area (Å²) in [6.07, 6.45) is -2.33. The Morgan fingerprint density at radius 1 is 1.03 bits per heavy atom. The van der Waals surface area contributed by atoms with Crippen LogP contribution >= 0.6 is 0 Å². The molecule has 1 aromatic rings. The third kappa shape index (κ3) is 5.21. The predicted octanol–water partition coefficient (Wildman–Crippen LogP) is 3.01. The van der Waals surface area contributed by atoms with Crippen LogP contribution in [0.1, 0.15) is 53.3 Å². The van der Waals surface area contributed by atoms with Crippen molar-refractivity contribution in [3.8, 4) is 0 Å². The number of ether oxygens (including phenoxy) is 1. The molecule has 4 atom stereocenters. The number of hydrogen-bond acceptors (Lipinski definition) is 9. The van der Waals surface area contributed by atoms with Crippen LogP contribution in [0.5, 0.6) is 0 Å². The molecule has 3 heterocycles. The average molecular weight is 576 g/mol. The molecule has 3 rings (SSSR count). The Morgan fingerprint density at radius 2 is 1.54 bits per heavy atom. The standard InChI is InChI=1S/C23H41N3O8SSi2/c1-14-12-26(20(28)25-17(14)27)18-16(32-36(8,9)21(2,3)4)23(15(24)13-35(29,30)34-23)19(31-18)33-37(10,11)22(5,6)7/h12-13,16,18-19H,24H2,1-11H3,(H,25,27,28)/t16?,18-,19-,23?/m1/s1. The molecule has 0 aromatic carbocycles. The lowest BCUT2D eigenvalue weighted by atomic mass is 9.94. The molecule has 1 fully saturated rings. The van der Waals surface area contributed by atoms with E-state index in [9.17, 15) is 18.0 Å². The molecule has 3 N–H and O–H groups in total. The van der Waals surface area contributed by atoms with Crippen LogP contribution < -0.4 is 17.0 Å². The van der Waals surface area contributed by atoms with E-state index in [-0.39, 0.29) is 21.3 Å². The van der Waals surface area contributed by atoms with Gasteiger partial charge < -0.3 is 19.3 Å². The van der Waals surface area contributed by atoms with Crippen LogP contribution in [0.3, 0.4) is 0 Å². The summed E-state index contributed by atoms with van der Waals surface area (Å²) in [5, 5.41) is 0.287. The van der Waals surface area contributed by atoms with Gasteiger partial charge in [-0.25, -0.2) is 8.98 Å². The number of aromatic amines is 1. The lowest BCUT2D eigenvalue weighted by Crippen LogP contribution is -2.60. The van der Waals surface area contributed by atoms with Gasteiger partial charge in [-0.2, -0.15) is 8.42 Å². The Balaban J connectivity index is 2.31. The van der Waals surface area contributed by atoms with Crippen molar-refractivity contribution < 1.29 is 26.2 Å².